The van der Waals surface area contributed by atoms with Crippen molar-refractivity contribution in [3.8, 4) is 0 Å². The van der Waals surface area contributed by atoms with E-state index in [9.17, 15) is 14.0 Å². The first kappa shape index (κ1) is 26.3. The number of halogens is 4. The Morgan fingerprint density at radius 2 is 1.67 bits per heavy atom. The van der Waals surface area contributed by atoms with Crippen LogP contribution in [0.1, 0.15) is 20.7 Å². The van der Waals surface area contributed by atoms with Crippen LogP contribution in [-0.4, -0.2) is 48.0 Å². The summed E-state index contributed by atoms with van der Waals surface area (Å²) < 4.78 is 14.8. The van der Waals surface area contributed by atoms with Crippen LogP contribution in [-0.2, 0) is 0 Å². The molecule has 0 unspecified atom stereocenters. The number of thiocarbonyl (C=S) groups is 1. The maximum Gasteiger partial charge on any atom is 0.258 e. The van der Waals surface area contributed by atoms with Gasteiger partial charge in [-0.25, -0.2) is 4.39 Å². The number of anilines is 2. The van der Waals surface area contributed by atoms with Gasteiger partial charge in [-0.2, -0.15) is 0 Å². The van der Waals surface area contributed by atoms with Crippen LogP contribution in [0.2, 0.25) is 10.0 Å². The number of amides is 2. The van der Waals surface area contributed by atoms with Gasteiger partial charge in [0.2, 0.25) is 0 Å². The van der Waals surface area contributed by atoms with Crippen LogP contribution in [0.5, 0.6) is 0 Å². The topological polar surface area (TPSA) is 64.7 Å². The Hall–Kier alpha value is -2.72. The van der Waals surface area contributed by atoms with Gasteiger partial charge in [-0.15, -0.1) is 0 Å². The molecule has 186 valence electrons. The highest BCUT2D eigenvalue weighted by Gasteiger charge is 2.25. The highest BCUT2D eigenvalue weighted by atomic mass is 79.9. The summed E-state index contributed by atoms with van der Waals surface area (Å²) in [6, 6.07) is 16.2. The number of rotatable bonds is 4. The van der Waals surface area contributed by atoms with E-state index in [0.717, 1.165) is 5.69 Å². The molecule has 0 atom stereocenters. The molecule has 0 bridgehead atoms. The zero-order chi connectivity index (χ0) is 25.8. The van der Waals surface area contributed by atoms with Gasteiger partial charge < -0.3 is 15.1 Å². The molecule has 3 aromatic carbocycles. The summed E-state index contributed by atoms with van der Waals surface area (Å²) in [5.41, 5.74) is 1.74. The fourth-order valence-corrected chi connectivity index (χ4v) is 4.77. The summed E-state index contributed by atoms with van der Waals surface area (Å²) in [6.45, 7) is 1.86. The molecule has 0 aromatic heterocycles. The molecule has 6 nitrogen and oxygen atoms in total. The molecule has 2 amide bonds. The molecule has 4 rings (SSSR count). The van der Waals surface area contributed by atoms with Crippen LogP contribution in [0.4, 0.5) is 15.8 Å². The van der Waals surface area contributed by atoms with E-state index in [1.807, 2.05) is 6.07 Å². The van der Waals surface area contributed by atoms with E-state index in [1.54, 1.807) is 47.4 Å². The number of hydrogen-bond donors (Lipinski definition) is 2. The first-order valence-electron chi connectivity index (χ1n) is 10.9. The molecule has 0 spiro atoms. The molecule has 1 aliphatic heterocycles. The molecular weight excluding hydrogens is 590 g/mol. The molecule has 36 heavy (non-hydrogen) atoms. The number of piperazine rings is 1. The van der Waals surface area contributed by atoms with Crippen LogP contribution in [0.25, 0.3) is 0 Å². The van der Waals surface area contributed by atoms with Crippen molar-refractivity contribution in [3.05, 3.63) is 92.1 Å². The minimum absolute atomic E-state index is 0.0615. The van der Waals surface area contributed by atoms with Gasteiger partial charge in [0.15, 0.2) is 5.11 Å². The average Bonchev–Trinajstić information content (AvgIpc) is 2.85. The highest BCUT2D eigenvalue weighted by molar-refractivity contribution is 9.10. The highest BCUT2D eigenvalue weighted by Crippen LogP contribution is 2.30. The van der Waals surface area contributed by atoms with Gasteiger partial charge in [0.1, 0.15) is 5.82 Å². The number of benzene rings is 3. The standard InChI is InChI=1S/C25H20BrCl2FN4O2S/c26-15-5-7-19(28)18(13-15)23(34)31-25(36)30-21-14-16(27)6-8-22(21)32-9-11-33(12-10-32)24(35)17-3-1-2-4-20(17)29/h1-8,13-14H,9-12H2,(H2,30,31,34,36). The Kier molecular flexibility index (Phi) is 8.46. The Morgan fingerprint density at radius 3 is 2.39 bits per heavy atom. The van der Waals surface area contributed by atoms with Crippen LogP contribution in [0.3, 0.4) is 0 Å². The first-order chi connectivity index (χ1) is 17.2. The predicted molar refractivity (Wildman–Crippen MR) is 149 cm³/mol. The van der Waals surface area contributed by atoms with Gasteiger partial charge in [0, 0.05) is 35.7 Å². The van der Waals surface area contributed by atoms with Gasteiger partial charge in [-0.1, -0.05) is 51.3 Å². The van der Waals surface area contributed by atoms with Crippen LogP contribution >= 0.6 is 51.3 Å². The van der Waals surface area contributed by atoms with E-state index in [2.05, 4.69) is 31.5 Å². The fourth-order valence-electron chi connectivity index (χ4n) is 3.84. The lowest BCUT2D eigenvalue weighted by atomic mass is 10.1. The zero-order valence-corrected chi connectivity index (χ0v) is 22.6. The normalized spacial score (nSPS) is 13.3. The number of hydrogen-bond acceptors (Lipinski definition) is 4. The van der Waals surface area contributed by atoms with Crippen molar-refractivity contribution in [2.75, 3.05) is 36.4 Å². The minimum atomic E-state index is -0.533. The van der Waals surface area contributed by atoms with E-state index in [0.29, 0.717) is 46.4 Å². The molecule has 1 fully saturated rings. The van der Waals surface area contributed by atoms with E-state index < -0.39 is 11.7 Å². The third kappa shape index (κ3) is 6.15. The Morgan fingerprint density at radius 1 is 0.944 bits per heavy atom. The van der Waals surface area contributed by atoms with Crippen molar-refractivity contribution < 1.29 is 14.0 Å². The van der Waals surface area contributed by atoms with Crippen molar-refractivity contribution in [2.24, 2.45) is 0 Å². The third-order valence-corrected chi connectivity index (χ3v) is 6.88. The van der Waals surface area contributed by atoms with E-state index in [-0.39, 0.29) is 22.1 Å². The van der Waals surface area contributed by atoms with E-state index in [4.69, 9.17) is 35.4 Å². The number of nitrogens with one attached hydrogen (secondary N) is 2. The largest absolute Gasteiger partial charge is 0.366 e. The summed E-state index contributed by atoms with van der Waals surface area (Å²) in [5.74, 6) is -1.33. The van der Waals surface area contributed by atoms with Gasteiger partial charge >= 0.3 is 0 Å². The molecule has 3 aromatic rings. The lowest BCUT2D eigenvalue weighted by molar-refractivity contribution is 0.0742. The van der Waals surface area contributed by atoms with Gasteiger partial charge in [-0.05, 0) is 60.7 Å². The maximum atomic E-state index is 14.1. The second kappa shape index (κ2) is 11.6. The molecule has 0 radical (unpaired) electrons. The zero-order valence-electron chi connectivity index (χ0n) is 18.7. The van der Waals surface area contributed by atoms with Crippen molar-refractivity contribution >= 4 is 79.7 Å². The maximum absolute atomic E-state index is 14.1. The fraction of sp³-hybridized carbons (Fsp3) is 0.160. The van der Waals surface area contributed by atoms with Gasteiger partial charge in [0.05, 0.1) is 27.5 Å². The van der Waals surface area contributed by atoms with Crippen molar-refractivity contribution in [1.82, 2.24) is 10.2 Å². The van der Waals surface area contributed by atoms with Crippen LogP contribution in [0.15, 0.2) is 65.1 Å². The molecule has 1 saturated heterocycles. The van der Waals surface area contributed by atoms with Gasteiger partial charge in [-0.3, -0.25) is 14.9 Å². The lowest BCUT2D eigenvalue weighted by Gasteiger charge is -2.37. The number of carbonyl (C=O) groups is 2. The average molecular weight is 610 g/mol. The van der Waals surface area contributed by atoms with Crippen LogP contribution in [0, 0.1) is 5.82 Å². The monoisotopic (exact) mass is 608 g/mol. The van der Waals surface area contributed by atoms with E-state index in [1.165, 1.54) is 12.1 Å². The lowest BCUT2D eigenvalue weighted by Crippen LogP contribution is -2.49. The molecule has 1 heterocycles. The number of nitrogens with zero attached hydrogens (tertiary/aromatic N) is 2. The smallest absolute Gasteiger partial charge is 0.258 e. The summed E-state index contributed by atoms with van der Waals surface area (Å²) >= 11 is 21.1. The van der Waals surface area contributed by atoms with Crippen molar-refractivity contribution in [3.63, 3.8) is 0 Å². The Bertz CT molecular complexity index is 1340. The van der Waals surface area contributed by atoms with E-state index >= 15 is 0 Å². The molecule has 0 saturated carbocycles. The second-order valence-corrected chi connectivity index (χ2v) is 10.1. The number of carbonyl (C=O) groups excluding carboxylic acids is 2. The SMILES string of the molecule is O=C(NC(=S)Nc1cc(Cl)ccc1N1CCN(C(=O)c2ccccc2F)CC1)c1cc(Br)ccc1Cl. The summed E-state index contributed by atoms with van der Waals surface area (Å²) in [5, 5.41) is 6.53. The Labute approximate surface area is 231 Å². The first-order valence-corrected chi connectivity index (χ1v) is 12.8. The molecule has 2 N–H and O–H groups in total. The summed E-state index contributed by atoms with van der Waals surface area (Å²) in [7, 11) is 0. The minimum Gasteiger partial charge on any atom is -0.366 e. The molecule has 1 aliphatic rings. The molecule has 11 heteroatoms. The summed E-state index contributed by atoms with van der Waals surface area (Å²) in [4.78, 5) is 29.1. The predicted octanol–water partition coefficient (Wildman–Crippen LogP) is 5.98. The van der Waals surface area contributed by atoms with Gasteiger partial charge in [0.25, 0.3) is 11.8 Å². The summed E-state index contributed by atoms with van der Waals surface area (Å²) in [6.07, 6.45) is 0. The quantitative estimate of drug-likeness (QED) is 0.356. The van der Waals surface area contributed by atoms with Crippen LogP contribution < -0.4 is 15.5 Å². The van der Waals surface area contributed by atoms with Crippen molar-refractivity contribution in [1.29, 1.82) is 0 Å². The second-order valence-electron chi connectivity index (χ2n) is 7.95. The molecule has 0 aliphatic carbocycles. The van der Waals surface area contributed by atoms with Crippen molar-refractivity contribution in [2.45, 2.75) is 0 Å². The Balaban J connectivity index is 1.43. The molecular formula is C25H20BrCl2FN4O2S. The third-order valence-electron chi connectivity index (χ3n) is 5.62.